The van der Waals surface area contributed by atoms with Gasteiger partial charge in [0.1, 0.15) is 18.4 Å². The second-order valence-corrected chi connectivity index (χ2v) is 11.4. The molecule has 0 aliphatic heterocycles. The highest BCUT2D eigenvalue weighted by atomic mass is 32.2. The Morgan fingerprint density at radius 3 is 2.11 bits per heavy atom. The van der Waals surface area contributed by atoms with Crippen LogP contribution < -0.4 is 9.62 Å². The van der Waals surface area contributed by atoms with E-state index in [1.807, 2.05) is 45.0 Å². The fraction of sp³-hybridized carbons (Fsp3) is 0.310. The van der Waals surface area contributed by atoms with Gasteiger partial charge >= 0.3 is 0 Å². The molecule has 0 fully saturated rings. The molecule has 0 radical (unpaired) electrons. The Morgan fingerprint density at radius 1 is 0.895 bits per heavy atom. The van der Waals surface area contributed by atoms with Gasteiger partial charge in [-0.25, -0.2) is 12.8 Å². The highest BCUT2D eigenvalue weighted by molar-refractivity contribution is 7.92. The van der Waals surface area contributed by atoms with E-state index in [1.165, 1.54) is 29.2 Å². The monoisotopic (exact) mass is 539 g/mol. The van der Waals surface area contributed by atoms with Crippen molar-refractivity contribution < 1.29 is 22.4 Å². The number of carbonyl (C=O) groups is 2. The van der Waals surface area contributed by atoms with Gasteiger partial charge in [0.25, 0.3) is 10.0 Å². The summed E-state index contributed by atoms with van der Waals surface area (Å²) in [5, 5.41) is 2.86. The Balaban J connectivity index is 2.00. The average molecular weight is 540 g/mol. The molecule has 0 spiro atoms. The zero-order valence-corrected chi connectivity index (χ0v) is 22.9. The number of halogens is 1. The lowest BCUT2D eigenvalue weighted by atomic mass is 10.1. The van der Waals surface area contributed by atoms with Crippen LogP contribution in [-0.2, 0) is 26.2 Å². The van der Waals surface area contributed by atoms with E-state index in [2.05, 4.69) is 5.32 Å². The third-order valence-corrected chi connectivity index (χ3v) is 7.97. The Kier molecular flexibility index (Phi) is 9.63. The van der Waals surface area contributed by atoms with Crippen molar-refractivity contribution in [3.05, 3.63) is 95.8 Å². The van der Waals surface area contributed by atoms with Crippen LogP contribution in [0.25, 0.3) is 0 Å². The Hall–Kier alpha value is -3.72. The van der Waals surface area contributed by atoms with Gasteiger partial charge in [-0.2, -0.15) is 0 Å². The summed E-state index contributed by atoms with van der Waals surface area (Å²) in [4.78, 5) is 28.2. The topological polar surface area (TPSA) is 86.8 Å². The Labute approximate surface area is 224 Å². The first-order valence-corrected chi connectivity index (χ1v) is 13.9. The van der Waals surface area contributed by atoms with Gasteiger partial charge in [-0.15, -0.1) is 0 Å². The minimum absolute atomic E-state index is 0.00898. The van der Waals surface area contributed by atoms with Gasteiger partial charge < -0.3 is 10.2 Å². The van der Waals surface area contributed by atoms with E-state index in [0.29, 0.717) is 6.54 Å². The van der Waals surface area contributed by atoms with Crippen LogP contribution in [0.5, 0.6) is 0 Å². The molecule has 7 nitrogen and oxygen atoms in total. The van der Waals surface area contributed by atoms with Crippen molar-refractivity contribution in [1.82, 2.24) is 10.2 Å². The normalized spacial score (nSPS) is 12.2. The molecule has 0 aromatic heterocycles. The fourth-order valence-corrected chi connectivity index (χ4v) is 5.30. The molecule has 3 aromatic rings. The molecular weight excluding hydrogens is 505 g/mol. The van der Waals surface area contributed by atoms with Gasteiger partial charge in [0.05, 0.1) is 10.6 Å². The van der Waals surface area contributed by atoms with Gasteiger partial charge in [-0.1, -0.05) is 56.3 Å². The van der Waals surface area contributed by atoms with Gasteiger partial charge in [0.15, 0.2) is 0 Å². The number of hydrogen-bond donors (Lipinski definition) is 1. The molecule has 0 saturated heterocycles. The molecule has 0 heterocycles. The molecule has 0 aliphatic carbocycles. The van der Waals surface area contributed by atoms with Crippen LogP contribution in [-0.4, -0.2) is 44.3 Å². The van der Waals surface area contributed by atoms with Crippen molar-refractivity contribution in [3.8, 4) is 0 Å². The highest BCUT2D eigenvalue weighted by Gasteiger charge is 2.32. The van der Waals surface area contributed by atoms with Crippen molar-refractivity contribution in [2.24, 2.45) is 5.92 Å². The molecule has 202 valence electrons. The van der Waals surface area contributed by atoms with Gasteiger partial charge in [0.2, 0.25) is 11.8 Å². The first-order valence-electron chi connectivity index (χ1n) is 12.5. The van der Waals surface area contributed by atoms with E-state index >= 15 is 0 Å². The number of sulfonamides is 1. The minimum Gasteiger partial charge on any atom is -0.354 e. The number of rotatable bonds is 11. The van der Waals surface area contributed by atoms with Crippen molar-refractivity contribution in [1.29, 1.82) is 0 Å². The lowest BCUT2D eigenvalue weighted by Crippen LogP contribution is -2.51. The number of nitrogens with one attached hydrogen (secondary N) is 1. The second kappa shape index (κ2) is 12.7. The largest absolute Gasteiger partial charge is 0.354 e. The third-order valence-electron chi connectivity index (χ3n) is 6.18. The van der Waals surface area contributed by atoms with Gasteiger partial charge in [-0.3, -0.25) is 13.9 Å². The predicted molar refractivity (Wildman–Crippen MR) is 146 cm³/mol. The van der Waals surface area contributed by atoms with E-state index in [9.17, 15) is 22.4 Å². The Bertz CT molecular complexity index is 1350. The van der Waals surface area contributed by atoms with E-state index in [0.717, 1.165) is 27.6 Å². The van der Waals surface area contributed by atoms with Crippen LogP contribution in [0.1, 0.15) is 31.9 Å². The number of benzene rings is 3. The average Bonchev–Trinajstić information content (AvgIpc) is 2.90. The predicted octanol–water partition coefficient (Wildman–Crippen LogP) is 4.52. The van der Waals surface area contributed by atoms with E-state index < -0.39 is 34.3 Å². The number of carbonyl (C=O) groups excluding carboxylic acids is 2. The maximum Gasteiger partial charge on any atom is 0.264 e. The first-order chi connectivity index (χ1) is 18.0. The SMILES string of the molecule is Cc1ccccc1CN(C(=O)CN(c1ccc(F)cc1)S(=O)(=O)c1ccccc1)[C@H](C)C(=O)NCC(C)C. The van der Waals surface area contributed by atoms with E-state index in [1.54, 1.807) is 25.1 Å². The lowest BCUT2D eigenvalue weighted by Gasteiger charge is -2.32. The number of amides is 2. The third kappa shape index (κ3) is 7.19. The van der Waals surface area contributed by atoms with Crippen molar-refractivity contribution >= 4 is 27.5 Å². The summed E-state index contributed by atoms with van der Waals surface area (Å²) in [7, 11) is -4.18. The number of anilines is 1. The smallest absolute Gasteiger partial charge is 0.264 e. The molecule has 2 amide bonds. The van der Waals surface area contributed by atoms with Crippen LogP contribution in [0.15, 0.2) is 83.8 Å². The molecule has 0 bridgehead atoms. The maximum absolute atomic E-state index is 13.8. The van der Waals surface area contributed by atoms with Gasteiger partial charge in [0, 0.05) is 13.1 Å². The van der Waals surface area contributed by atoms with Crippen molar-refractivity contribution in [2.75, 3.05) is 17.4 Å². The molecule has 0 aliphatic rings. The summed E-state index contributed by atoms with van der Waals surface area (Å²) in [5.41, 5.74) is 1.91. The van der Waals surface area contributed by atoms with Crippen LogP contribution in [0, 0.1) is 18.7 Å². The maximum atomic E-state index is 13.8. The quantitative estimate of drug-likeness (QED) is 0.388. The first kappa shape index (κ1) is 28.8. The molecule has 3 rings (SSSR count). The number of nitrogens with zero attached hydrogens (tertiary/aromatic N) is 2. The molecule has 0 saturated carbocycles. The highest BCUT2D eigenvalue weighted by Crippen LogP contribution is 2.25. The molecular formula is C29H34FN3O4S. The molecule has 1 atom stereocenters. The molecule has 9 heteroatoms. The molecule has 0 unspecified atom stereocenters. The molecule has 1 N–H and O–H groups in total. The Morgan fingerprint density at radius 2 is 1.50 bits per heavy atom. The zero-order valence-electron chi connectivity index (χ0n) is 22.1. The van der Waals surface area contributed by atoms with Crippen molar-refractivity contribution in [2.45, 2.75) is 45.2 Å². The van der Waals surface area contributed by atoms with Crippen LogP contribution in [0.3, 0.4) is 0 Å². The molecule has 38 heavy (non-hydrogen) atoms. The summed E-state index contributed by atoms with van der Waals surface area (Å²) >= 11 is 0. The second-order valence-electron chi connectivity index (χ2n) is 9.56. The summed E-state index contributed by atoms with van der Waals surface area (Å²) in [6.45, 7) is 7.46. The van der Waals surface area contributed by atoms with Crippen molar-refractivity contribution in [3.63, 3.8) is 0 Å². The number of aryl methyl sites for hydroxylation is 1. The summed E-state index contributed by atoms with van der Waals surface area (Å²) in [6.07, 6.45) is 0. The van der Waals surface area contributed by atoms with Crippen LogP contribution >= 0.6 is 0 Å². The van der Waals surface area contributed by atoms with E-state index in [4.69, 9.17) is 0 Å². The van der Waals surface area contributed by atoms with Crippen LogP contribution in [0.4, 0.5) is 10.1 Å². The zero-order chi connectivity index (χ0) is 27.9. The summed E-state index contributed by atoms with van der Waals surface area (Å²) in [6, 6.07) is 19.3. The minimum atomic E-state index is -4.18. The van der Waals surface area contributed by atoms with E-state index in [-0.39, 0.29) is 29.0 Å². The summed E-state index contributed by atoms with van der Waals surface area (Å²) < 4.78 is 41.9. The lowest BCUT2D eigenvalue weighted by molar-refractivity contribution is -0.139. The number of hydrogen-bond acceptors (Lipinski definition) is 4. The van der Waals surface area contributed by atoms with Gasteiger partial charge in [-0.05, 0) is 67.3 Å². The fourth-order valence-electron chi connectivity index (χ4n) is 3.86. The standard InChI is InChI=1S/C29H34FN3O4S/c1-21(2)18-31-29(35)23(4)32(19-24-11-9-8-10-22(24)3)28(34)20-33(26-16-14-25(30)15-17-26)38(36,37)27-12-6-5-7-13-27/h5-17,21,23H,18-20H2,1-4H3,(H,31,35)/t23-/m1/s1. The van der Waals surface area contributed by atoms with Crippen LogP contribution in [0.2, 0.25) is 0 Å². The molecule has 3 aromatic carbocycles. The summed E-state index contributed by atoms with van der Waals surface area (Å²) in [5.74, 6) is -1.21.